The van der Waals surface area contributed by atoms with E-state index in [2.05, 4.69) is 20.4 Å². The van der Waals surface area contributed by atoms with Crippen LogP contribution in [0.15, 0.2) is 59.8 Å². The van der Waals surface area contributed by atoms with Gasteiger partial charge in [-0.05, 0) is 67.0 Å². The molecular formula is C21H21N5O2S. The van der Waals surface area contributed by atoms with Crippen molar-refractivity contribution in [3.63, 3.8) is 0 Å². The van der Waals surface area contributed by atoms with Crippen LogP contribution in [0.4, 0.5) is 5.82 Å². The average Bonchev–Trinajstić information content (AvgIpc) is 3.18. The smallest absolute Gasteiger partial charge is 0.254 e. The van der Waals surface area contributed by atoms with Crippen LogP contribution in [-0.2, 0) is 17.7 Å². The highest BCUT2D eigenvalue weighted by molar-refractivity contribution is 7.90. The number of nitrogens with zero attached hydrogens (tertiary/aromatic N) is 4. The molecule has 0 radical (unpaired) electrons. The molecule has 0 spiro atoms. The summed E-state index contributed by atoms with van der Waals surface area (Å²) < 4.78 is 19.0. The summed E-state index contributed by atoms with van der Waals surface area (Å²) in [6, 6.07) is 15.2. The first-order chi connectivity index (χ1) is 14.0. The Morgan fingerprint density at radius 2 is 1.69 bits per heavy atom. The molecule has 0 fully saturated rings. The normalized spacial score (nSPS) is 12.1. The van der Waals surface area contributed by atoms with Gasteiger partial charge in [-0.15, -0.1) is 0 Å². The number of fused-ring (bicyclic) bond motifs is 1. The van der Waals surface area contributed by atoms with Crippen LogP contribution in [0.5, 0.6) is 11.5 Å². The van der Waals surface area contributed by atoms with Gasteiger partial charge in [0, 0.05) is 17.8 Å². The summed E-state index contributed by atoms with van der Waals surface area (Å²) in [6.07, 6.45) is 3.16. The summed E-state index contributed by atoms with van der Waals surface area (Å²) in [5.41, 5.74) is 3.07. The lowest BCUT2D eigenvalue weighted by Crippen LogP contribution is -2.09. The van der Waals surface area contributed by atoms with E-state index in [1.54, 1.807) is 10.8 Å². The molecule has 148 valence electrons. The summed E-state index contributed by atoms with van der Waals surface area (Å²) in [7, 11) is 0. The minimum absolute atomic E-state index is 0.581. The second-order valence-corrected chi connectivity index (χ2v) is 8.05. The van der Waals surface area contributed by atoms with E-state index in [1.165, 1.54) is 6.33 Å². The molecule has 0 saturated carbocycles. The SMILES string of the molecule is Cc1nc2ncnn2c(NCc2ccc(Oc3ccc([S+](C)[O-])cc3)cc2)c1C. The zero-order valence-electron chi connectivity index (χ0n) is 16.4. The molecule has 0 saturated heterocycles. The lowest BCUT2D eigenvalue weighted by molar-refractivity contribution is 0.482. The third kappa shape index (κ3) is 4.18. The third-order valence-corrected chi connectivity index (χ3v) is 5.62. The zero-order valence-corrected chi connectivity index (χ0v) is 17.2. The molecule has 0 bridgehead atoms. The van der Waals surface area contributed by atoms with Crippen LogP contribution in [0, 0.1) is 13.8 Å². The van der Waals surface area contributed by atoms with Gasteiger partial charge in [-0.1, -0.05) is 12.1 Å². The molecule has 0 aliphatic rings. The van der Waals surface area contributed by atoms with Crippen molar-refractivity contribution < 1.29 is 9.29 Å². The molecule has 0 amide bonds. The summed E-state index contributed by atoms with van der Waals surface area (Å²) in [5, 5.41) is 7.69. The van der Waals surface area contributed by atoms with Crippen LogP contribution in [-0.4, -0.2) is 30.4 Å². The minimum atomic E-state index is -0.991. The highest BCUT2D eigenvalue weighted by atomic mass is 32.2. The van der Waals surface area contributed by atoms with E-state index in [0.29, 0.717) is 18.1 Å². The second kappa shape index (κ2) is 8.10. The van der Waals surface area contributed by atoms with E-state index in [1.807, 2.05) is 62.4 Å². The summed E-state index contributed by atoms with van der Waals surface area (Å²) in [6.45, 7) is 4.62. The molecule has 2 aromatic heterocycles. The fraction of sp³-hybridized carbons (Fsp3) is 0.190. The van der Waals surface area contributed by atoms with E-state index in [9.17, 15) is 4.55 Å². The Kier molecular flexibility index (Phi) is 5.37. The number of aryl methyl sites for hydroxylation is 1. The van der Waals surface area contributed by atoms with Crippen LogP contribution >= 0.6 is 0 Å². The van der Waals surface area contributed by atoms with Gasteiger partial charge in [-0.3, -0.25) is 0 Å². The molecule has 29 heavy (non-hydrogen) atoms. The molecule has 4 aromatic rings. The molecule has 1 unspecified atom stereocenters. The molecule has 4 rings (SSSR count). The van der Waals surface area contributed by atoms with Crippen LogP contribution in [0.25, 0.3) is 5.78 Å². The number of aromatic nitrogens is 4. The molecule has 2 aromatic carbocycles. The van der Waals surface area contributed by atoms with Crippen molar-refractivity contribution in [1.82, 2.24) is 19.6 Å². The Labute approximate surface area is 172 Å². The Balaban J connectivity index is 1.44. The maximum Gasteiger partial charge on any atom is 0.254 e. The maximum atomic E-state index is 11.5. The minimum Gasteiger partial charge on any atom is -0.612 e. The van der Waals surface area contributed by atoms with E-state index in [0.717, 1.165) is 33.3 Å². The highest BCUT2D eigenvalue weighted by Gasteiger charge is 2.11. The predicted molar refractivity (Wildman–Crippen MR) is 113 cm³/mol. The first kappa shape index (κ1) is 19.2. The van der Waals surface area contributed by atoms with Crippen molar-refractivity contribution in [2.75, 3.05) is 11.6 Å². The van der Waals surface area contributed by atoms with Crippen molar-refractivity contribution in [2.45, 2.75) is 25.3 Å². The van der Waals surface area contributed by atoms with Gasteiger partial charge in [-0.2, -0.15) is 14.6 Å². The fourth-order valence-corrected chi connectivity index (χ4v) is 3.46. The summed E-state index contributed by atoms with van der Waals surface area (Å²) in [5.74, 6) is 2.92. The lowest BCUT2D eigenvalue weighted by atomic mass is 10.2. The van der Waals surface area contributed by atoms with Gasteiger partial charge in [-0.25, -0.2) is 4.98 Å². The molecule has 7 nitrogen and oxygen atoms in total. The summed E-state index contributed by atoms with van der Waals surface area (Å²) >= 11 is -0.991. The lowest BCUT2D eigenvalue weighted by Gasteiger charge is -2.13. The predicted octanol–water partition coefficient (Wildman–Crippen LogP) is 3.88. The number of nitrogens with one attached hydrogen (secondary N) is 1. The van der Waals surface area contributed by atoms with Gasteiger partial charge in [0.15, 0.2) is 4.90 Å². The van der Waals surface area contributed by atoms with Crippen molar-refractivity contribution in [1.29, 1.82) is 0 Å². The van der Waals surface area contributed by atoms with Crippen LogP contribution in [0.2, 0.25) is 0 Å². The number of rotatable bonds is 6. The van der Waals surface area contributed by atoms with Crippen LogP contribution in [0.3, 0.4) is 0 Å². The Morgan fingerprint density at radius 3 is 2.34 bits per heavy atom. The standard InChI is InChI=1S/C21H21N5O2S/c1-14-15(2)25-21-23-13-24-26(21)20(14)22-12-16-4-6-17(7-5-16)28-18-8-10-19(11-9-18)29(3)27/h4-11,13,22H,12H2,1-3H3. The van der Waals surface area contributed by atoms with E-state index < -0.39 is 11.2 Å². The van der Waals surface area contributed by atoms with E-state index in [-0.39, 0.29) is 0 Å². The van der Waals surface area contributed by atoms with E-state index >= 15 is 0 Å². The Hall–Kier alpha value is -3.10. The van der Waals surface area contributed by atoms with Crippen LogP contribution < -0.4 is 10.1 Å². The average molecular weight is 407 g/mol. The quantitative estimate of drug-likeness (QED) is 0.488. The molecule has 0 aliphatic carbocycles. The second-order valence-electron chi connectivity index (χ2n) is 6.67. The largest absolute Gasteiger partial charge is 0.612 e. The number of hydrogen-bond donors (Lipinski definition) is 1. The maximum absolute atomic E-state index is 11.5. The van der Waals surface area contributed by atoms with Crippen molar-refractivity contribution in [3.8, 4) is 11.5 Å². The highest BCUT2D eigenvalue weighted by Crippen LogP contribution is 2.24. The number of anilines is 1. The zero-order chi connectivity index (χ0) is 20.4. The van der Waals surface area contributed by atoms with Gasteiger partial charge >= 0.3 is 0 Å². The third-order valence-electron chi connectivity index (χ3n) is 4.68. The Bertz CT molecular complexity index is 1120. The summed E-state index contributed by atoms with van der Waals surface area (Å²) in [4.78, 5) is 9.38. The molecule has 0 aliphatic heterocycles. The first-order valence-corrected chi connectivity index (χ1v) is 10.7. The topological polar surface area (TPSA) is 87.4 Å². The molecule has 1 atom stereocenters. The number of benzene rings is 2. The molecular weight excluding hydrogens is 386 g/mol. The number of ether oxygens (including phenoxy) is 1. The molecule has 8 heteroatoms. The van der Waals surface area contributed by atoms with Gasteiger partial charge in [0.1, 0.15) is 29.9 Å². The van der Waals surface area contributed by atoms with Crippen molar-refractivity contribution in [3.05, 3.63) is 71.7 Å². The van der Waals surface area contributed by atoms with Gasteiger partial charge < -0.3 is 14.6 Å². The van der Waals surface area contributed by atoms with Crippen molar-refractivity contribution >= 4 is 22.8 Å². The fourth-order valence-electron chi connectivity index (χ4n) is 2.94. The van der Waals surface area contributed by atoms with Gasteiger partial charge in [0.25, 0.3) is 5.78 Å². The van der Waals surface area contributed by atoms with Crippen LogP contribution in [0.1, 0.15) is 16.8 Å². The molecule has 1 N–H and O–H groups in total. The monoisotopic (exact) mass is 407 g/mol. The Morgan fingerprint density at radius 1 is 1.03 bits per heavy atom. The first-order valence-electron chi connectivity index (χ1n) is 9.12. The molecule has 2 heterocycles. The van der Waals surface area contributed by atoms with Crippen molar-refractivity contribution in [2.24, 2.45) is 0 Å². The van der Waals surface area contributed by atoms with E-state index in [4.69, 9.17) is 4.74 Å². The number of hydrogen-bond acceptors (Lipinski definition) is 6. The van der Waals surface area contributed by atoms with Gasteiger partial charge in [0.05, 0.1) is 0 Å². The van der Waals surface area contributed by atoms with Gasteiger partial charge in [0.2, 0.25) is 0 Å².